The second-order valence-electron chi connectivity index (χ2n) is 6.12. The van der Waals surface area contributed by atoms with Gasteiger partial charge in [0.05, 0.1) is 33.2 Å². The highest BCUT2D eigenvalue weighted by Crippen LogP contribution is 2.40. The average molecular weight is 432 g/mol. The largest absolute Gasteiger partial charge is 0.468 e. The van der Waals surface area contributed by atoms with Crippen LogP contribution in [0.5, 0.6) is 0 Å². The van der Waals surface area contributed by atoms with Crippen molar-refractivity contribution in [3.63, 3.8) is 0 Å². The molecule has 0 unspecified atom stereocenters. The Labute approximate surface area is 173 Å². The van der Waals surface area contributed by atoms with Crippen molar-refractivity contribution in [1.29, 1.82) is 0 Å². The van der Waals surface area contributed by atoms with E-state index in [1.807, 2.05) is 0 Å². The third-order valence-electron chi connectivity index (χ3n) is 4.27. The molecule has 1 aliphatic rings. The molecule has 4 rings (SSSR count). The lowest BCUT2D eigenvalue weighted by Gasteiger charge is -2.15. The second-order valence-corrected chi connectivity index (χ2v) is 7.52. The summed E-state index contributed by atoms with van der Waals surface area (Å²) in [6, 6.07) is 12.4. The fraction of sp³-hybridized carbons (Fsp3) is 0.0476. The smallest absolute Gasteiger partial charge is 0.272 e. The van der Waals surface area contributed by atoms with Crippen LogP contribution in [0.2, 0.25) is 5.02 Å². The van der Waals surface area contributed by atoms with Gasteiger partial charge in [0.2, 0.25) is 0 Å². The highest BCUT2D eigenvalue weighted by Gasteiger charge is 2.40. The molecule has 0 saturated carbocycles. The highest BCUT2D eigenvalue weighted by atomic mass is 35.5. The number of thioether (sulfide) groups is 1. The van der Waals surface area contributed by atoms with Crippen molar-refractivity contribution in [3.8, 4) is 0 Å². The number of furan rings is 1. The molecule has 1 aliphatic heterocycles. The molecule has 0 aliphatic carbocycles. The summed E-state index contributed by atoms with van der Waals surface area (Å²) in [6.45, 7) is 0. The van der Waals surface area contributed by atoms with Gasteiger partial charge in [-0.3, -0.25) is 9.59 Å². The SMILES string of the molecule is O=C1C(SCc2ccco2)=C(c2ccc(F)cc2)C(=O)N1c1ccc(F)c(Cl)c1. The van der Waals surface area contributed by atoms with Crippen LogP contribution in [-0.4, -0.2) is 11.8 Å². The molecule has 2 amide bonds. The number of carbonyl (C=O) groups is 2. The molecule has 0 atom stereocenters. The van der Waals surface area contributed by atoms with E-state index in [4.69, 9.17) is 16.0 Å². The molecule has 146 valence electrons. The summed E-state index contributed by atoms with van der Waals surface area (Å²) >= 11 is 6.97. The second kappa shape index (κ2) is 7.85. The quantitative estimate of drug-likeness (QED) is 0.505. The van der Waals surface area contributed by atoms with Crippen molar-refractivity contribution >= 4 is 46.4 Å². The first-order valence-electron chi connectivity index (χ1n) is 8.45. The number of anilines is 1. The van der Waals surface area contributed by atoms with Gasteiger partial charge in [0.25, 0.3) is 11.8 Å². The van der Waals surface area contributed by atoms with Gasteiger partial charge in [-0.15, -0.1) is 11.8 Å². The van der Waals surface area contributed by atoms with Crippen LogP contribution in [0, 0.1) is 11.6 Å². The number of hydrogen-bond acceptors (Lipinski definition) is 4. The maximum Gasteiger partial charge on any atom is 0.272 e. The summed E-state index contributed by atoms with van der Waals surface area (Å²) in [5.74, 6) is -1.32. The monoisotopic (exact) mass is 431 g/mol. The number of halogens is 3. The Balaban J connectivity index is 1.76. The molecule has 0 radical (unpaired) electrons. The molecule has 3 aromatic rings. The lowest BCUT2D eigenvalue weighted by Crippen LogP contribution is -2.31. The van der Waals surface area contributed by atoms with E-state index < -0.39 is 23.4 Å². The summed E-state index contributed by atoms with van der Waals surface area (Å²) in [4.78, 5) is 27.4. The van der Waals surface area contributed by atoms with E-state index in [0.717, 1.165) is 22.7 Å². The molecule has 0 spiro atoms. The zero-order chi connectivity index (χ0) is 20.5. The van der Waals surface area contributed by atoms with Crippen molar-refractivity contribution in [2.24, 2.45) is 0 Å². The molecule has 0 bridgehead atoms. The first-order valence-corrected chi connectivity index (χ1v) is 9.81. The van der Waals surface area contributed by atoms with E-state index in [0.29, 0.717) is 17.1 Å². The van der Waals surface area contributed by atoms with Crippen LogP contribution < -0.4 is 4.90 Å². The van der Waals surface area contributed by atoms with Crippen molar-refractivity contribution in [2.45, 2.75) is 5.75 Å². The van der Waals surface area contributed by atoms with Crippen LogP contribution in [0.1, 0.15) is 11.3 Å². The zero-order valence-electron chi connectivity index (χ0n) is 14.7. The number of benzene rings is 2. The molecule has 0 fully saturated rings. The van der Waals surface area contributed by atoms with Crippen LogP contribution in [0.15, 0.2) is 70.2 Å². The van der Waals surface area contributed by atoms with Gasteiger partial charge in [0, 0.05) is 0 Å². The Hall–Kier alpha value is -2.90. The summed E-state index contributed by atoms with van der Waals surface area (Å²) in [5, 5.41) is -0.205. The third kappa shape index (κ3) is 3.71. The minimum absolute atomic E-state index is 0.145. The van der Waals surface area contributed by atoms with Gasteiger partial charge in [-0.25, -0.2) is 13.7 Å². The Morgan fingerprint density at radius 3 is 2.41 bits per heavy atom. The molecule has 29 heavy (non-hydrogen) atoms. The van der Waals surface area contributed by atoms with E-state index in [-0.39, 0.29) is 21.2 Å². The van der Waals surface area contributed by atoms with Gasteiger partial charge in [0.15, 0.2) is 0 Å². The van der Waals surface area contributed by atoms with Gasteiger partial charge in [-0.1, -0.05) is 23.7 Å². The standard InChI is InChI=1S/C21H12ClF2NO3S/c22-16-10-14(7-8-17(16)24)25-20(26)18(12-3-5-13(23)6-4-12)19(21(25)27)29-11-15-2-1-9-28-15/h1-10H,11H2. The lowest BCUT2D eigenvalue weighted by atomic mass is 10.1. The number of nitrogens with zero attached hydrogens (tertiary/aromatic N) is 1. The molecule has 0 N–H and O–H groups in total. The number of rotatable bonds is 5. The van der Waals surface area contributed by atoms with Crippen molar-refractivity contribution in [1.82, 2.24) is 0 Å². The van der Waals surface area contributed by atoms with Gasteiger partial charge in [0.1, 0.15) is 17.4 Å². The predicted molar refractivity (Wildman–Crippen MR) is 107 cm³/mol. The Morgan fingerprint density at radius 1 is 1.00 bits per heavy atom. The van der Waals surface area contributed by atoms with Gasteiger partial charge >= 0.3 is 0 Å². The molecule has 0 saturated heterocycles. The number of amides is 2. The Morgan fingerprint density at radius 2 is 1.76 bits per heavy atom. The summed E-state index contributed by atoms with van der Waals surface area (Å²) in [6.07, 6.45) is 1.51. The summed E-state index contributed by atoms with van der Waals surface area (Å²) < 4.78 is 32.2. The van der Waals surface area contributed by atoms with Crippen molar-refractivity contribution < 1.29 is 22.8 Å². The fourth-order valence-electron chi connectivity index (χ4n) is 2.91. The first kappa shape index (κ1) is 19.4. The fourth-order valence-corrected chi connectivity index (χ4v) is 4.10. The van der Waals surface area contributed by atoms with Crippen LogP contribution in [-0.2, 0) is 15.3 Å². The molecule has 4 nitrogen and oxygen atoms in total. The maximum atomic E-state index is 13.5. The van der Waals surface area contributed by atoms with E-state index in [9.17, 15) is 18.4 Å². The van der Waals surface area contributed by atoms with E-state index >= 15 is 0 Å². The van der Waals surface area contributed by atoms with Crippen molar-refractivity contribution in [2.75, 3.05) is 4.90 Å². The lowest BCUT2D eigenvalue weighted by molar-refractivity contribution is -0.119. The molecule has 2 heterocycles. The van der Waals surface area contributed by atoms with Crippen LogP contribution in [0.25, 0.3) is 5.57 Å². The van der Waals surface area contributed by atoms with Crippen LogP contribution >= 0.6 is 23.4 Å². The maximum absolute atomic E-state index is 13.5. The Bertz CT molecular complexity index is 1130. The first-order chi connectivity index (χ1) is 14.0. The van der Waals surface area contributed by atoms with Gasteiger partial charge in [-0.2, -0.15) is 0 Å². The van der Waals surface area contributed by atoms with E-state index in [1.165, 1.54) is 42.7 Å². The van der Waals surface area contributed by atoms with E-state index in [2.05, 4.69) is 0 Å². The van der Waals surface area contributed by atoms with Crippen molar-refractivity contribution in [3.05, 3.63) is 93.7 Å². The Kier molecular flexibility index (Phi) is 5.25. The number of carbonyl (C=O) groups excluding carboxylic acids is 2. The molecular formula is C21H12ClF2NO3S. The highest BCUT2D eigenvalue weighted by molar-refractivity contribution is 8.03. The van der Waals surface area contributed by atoms with Crippen LogP contribution in [0.3, 0.4) is 0 Å². The molecule has 1 aromatic heterocycles. The molecular weight excluding hydrogens is 420 g/mol. The topological polar surface area (TPSA) is 50.5 Å². The average Bonchev–Trinajstić information content (AvgIpc) is 3.30. The number of imide groups is 1. The molecule has 2 aromatic carbocycles. The minimum atomic E-state index is -0.659. The number of hydrogen-bond donors (Lipinski definition) is 0. The van der Waals surface area contributed by atoms with Gasteiger partial charge in [-0.05, 0) is 48.0 Å². The molecule has 8 heteroatoms. The zero-order valence-corrected chi connectivity index (χ0v) is 16.3. The summed E-state index contributed by atoms with van der Waals surface area (Å²) in [7, 11) is 0. The third-order valence-corrected chi connectivity index (χ3v) is 5.66. The van der Waals surface area contributed by atoms with E-state index in [1.54, 1.807) is 12.1 Å². The van der Waals surface area contributed by atoms with Gasteiger partial charge < -0.3 is 4.42 Å². The normalized spacial score (nSPS) is 14.2. The van der Waals surface area contributed by atoms with Crippen LogP contribution in [0.4, 0.5) is 14.5 Å². The minimum Gasteiger partial charge on any atom is -0.468 e. The summed E-state index contributed by atoms with van der Waals surface area (Å²) in [5.41, 5.74) is 0.703. The predicted octanol–water partition coefficient (Wildman–Crippen LogP) is 5.43.